The first kappa shape index (κ1) is 16.2. The number of carbonyl (C=O) groups is 2. The lowest BCUT2D eigenvalue weighted by molar-refractivity contribution is -0.122. The maximum absolute atomic E-state index is 11.7. The highest BCUT2D eigenvalue weighted by molar-refractivity contribution is 5.89. The minimum Gasteiger partial charge on any atom is -0.465 e. The fraction of sp³-hybridized carbons (Fsp3) is 0.467. The number of rotatable bonds is 7. The first-order valence-electron chi connectivity index (χ1n) is 6.79. The Kier molecular flexibility index (Phi) is 6.73. The van der Waals surface area contributed by atoms with Gasteiger partial charge in [-0.3, -0.25) is 4.79 Å². The van der Waals surface area contributed by atoms with Gasteiger partial charge in [0, 0.05) is 6.54 Å². The van der Waals surface area contributed by atoms with E-state index in [2.05, 4.69) is 17.0 Å². The van der Waals surface area contributed by atoms with Gasteiger partial charge in [-0.05, 0) is 24.1 Å². The predicted octanol–water partition coefficient (Wildman–Crippen LogP) is 1.61. The highest BCUT2D eigenvalue weighted by Crippen LogP contribution is 2.06. The van der Waals surface area contributed by atoms with E-state index in [0.29, 0.717) is 18.5 Å². The quantitative estimate of drug-likeness (QED) is 0.742. The van der Waals surface area contributed by atoms with E-state index in [0.717, 1.165) is 18.4 Å². The topological polar surface area (TPSA) is 81.4 Å². The Labute approximate surface area is 119 Å². The van der Waals surface area contributed by atoms with Gasteiger partial charge < -0.3 is 15.8 Å². The van der Waals surface area contributed by atoms with Crippen LogP contribution in [0.5, 0.6) is 0 Å². The number of methoxy groups -OCH3 is 1. The Morgan fingerprint density at radius 3 is 2.50 bits per heavy atom. The summed E-state index contributed by atoms with van der Waals surface area (Å²) in [5, 5.41) is 2.79. The van der Waals surface area contributed by atoms with Crippen molar-refractivity contribution in [3.05, 3.63) is 35.4 Å². The molecule has 0 fully saturated rings. The zero-order valence-corrected chi connectivity index (χ0v) is 12.0. The van der Waals surface area contributed by atoms with E-state index < -0.39 is 6.04 Å². The van der Waals surface area contributed by atoms with Gasteiger partial charge in [-0.25, -0.2) is 4.79 Å². The van der Waals surface area contributed by atoms with Crippen LogP contribution in [0.1, 0.15) is 42.1 Å². The smallest absolute Gasteiger partial charge is 0.337 e. The lowest BCUT2D eigenvalue weighted by Gasteiger charge is -2.11. The molecule has 5 nitrogen and oxygen atoms in total. The normalized spacial score (nSPS) is 11.8. The van der Waals surface area contributed by atoms with Crippen molar-refractivity contribution in [2.45, 2.75) is 38.8 Å². The summed E-state index contributed by atoms with van der Waals surface area (Å²) in [6, 6.07) is 6.45. The van der Waals surface area contributed by atoms with Crippen LogP contribution in [0, 0.1) is 0 Å². The molecule has 0 saturated heterocycles. The fourth-order valence-electron chi connectivity index (χ4n) is 1.75. The molecule has 0 bridgehead atoms. The van der Waals surface area contributed by atoms with Gasteiger partial charge in [0.05, 0.1) is 18.7 Å². The largest absolute Gasteiger partial charge is 0.465 e. The van der Waals surface area contributed by atoms with E-state index in [1.54, 1.807) is 24.3 Å². The molecular weight excluding hydrogens is 256 g/mol. The molecular formula is C15H22N2O3. The van der Waals surface area contributed by atoms with Gasteiger partial charge in [-0.2, -0.15) is 0 Å². The number of benzene rings is 1. The molecule has 0 spiro atoms. The van der Waals surface area contributed by atoms with Gasteiger partial charge in [-0.1, -0.05) is 31.9 Å². The lowest BCUT2D eigenvalue weighted by Crippen LogP contribution is -2.40. The van der Waals surface area contributed by atoms with Crippen LogP contribution in [-0.2, 0) is 16.1 Å². The highest BCUT2D eigenvalue weighted by atomic mass is 16.5. The second-order valence-electron chi connectivity index (χ2n) is 4.66. The number of hydrogen-bond donors (Lipinski definition) is 2. The van der Waals surface area contributed by atoms with Crippen molar-refractivity contribution in [2.24, 2.45) is 5.73 Å². The Hall–Kier alpha value is -1.88. The molecule has 3 N–H and O–H groups in total. The minimum atomic E-state index is -0.454. The van der Waals surface area contributed by atoms with E-state index in [1.807, 2.05) is 0 Å². The molecule has 5 heteroatoms. The molecule has 0 radical (unpaired) electrons. The summed E-state index contributed by atoms with van der Waals surface area (Å²) in [6.07, 6.45) is 2.67. The van der Waals surface area contributed by atoms with Crippen LogP contribution in [0.2, 0.25) is 0 Å². The van der Waals surface area contributed by atoms with E-state index in [4.69, 9.17) is 5.73 Å². The van der Waals surface area contributed by atoms with Gasteiger partial charge in [-0.15, -0.1) is 0 Å². The van der Waals surface area contributed by atoms with Gasteiger partial charge in [0.25, 0.3) is 0 Å². The molecule has 110 valence electrons. The molecule has 0 aliphatic rings. The van der Waals surface area contributed by atoms with Crippen molar-refractivity contribution < 1.29 is 14.3 Å². The molecule has 1 rings (SSSR count). The molecule has 0 saturated carbocycles. The monoisotopic (exact) mass is 278 g/mol. The van der Waals surface area contributed by atoms with E-state index in [1.165, 1.54) is 7.11 Å². The maximum atomic E-state index is 11.7. The summed E-state index contributed by atoms with van der Waals surface area (Å²) in [5.41, 5.74) is 7.18. The first-order chi connectivity index (χ1) is 9.58. The summed E-state index contributed by atoms with van der Waals surface area (Å²) >= 11 is 0. The van der Waals surface area contributed by atoms with Gasteiger partial charge in [0.1, 0.15) is 0 Å². The third-order valence-corrected chi connectivity index (χ3v) is 3.05. The average Bonchev–Trinajstić information content (AvgIpc) is 2.49. The van der Waals surface area contributed by atoms with Crippen LogP contribution in [-0.4, -0.2) is 25.0 Å². The van der Waals surface area contributed by atoms with Crippen LogP contribution < -0.4 is 11.1 Å². The van der Waals surface area contributed by atoms with Crippen molar-refractivity contribution in [2.75, 3.05) is 7.11 Å². The number of esters is 1. The summed E-state index contributed by atoms with van der Waals surface area (Å²) < 4.78 is 4.62. The number of nitrogens with one attached hydrogen (secondary N) is 1. The van der Waals surface area contributed by atoms with Crippen LogP contribution in [0.15, 0.2) is 24.3 Å². The summed E-state index contributed by atoms with van der Waals surface area (Å²) in [5.74, 6) is -0.516. The SMILES string of the molecule is CCCCC(N)C(=O)NCc1ccc(C(=O)OC)cc1. The average molecular weight is 278 g/mol. The lowest BCUT2D eigenvalue weighted by atomic mass is 10.1. The van der Waals surface area contributed by atoms with Crippen LogP contribution in [0.3, 0.4) is 0 Å². The molecule has 20 heavy (non-hydrogen) atoms. The number of ether oxygens (including phenoxy) is 1. The first-order valence-corrected chi connectivity index (χ1v) is 6.79. The zero-order valence-electron chi connectivity index (χ0n) is 12.0. The fourth-order valence-corrected chi connectivity index (χ4v) is 1.75. The molecule has 0 heterocycles. The van der Waals surface area contributed by atoms with Crippen LogP contribution in [0.25, 0.3) is 0 Å². The van der Waals surface area contributed by atoms with E-state index in [9.17, 15) is 9.59 Å². The van der Waals surface area contributed by atoms with Crippen molar-refractivity contribution >= 4 is 11.9 Å². The van der Waals surface area contributed by atoms with Crippen LogP contribution in [0.4, 0.5) is 0 Å². The standard InChI is InChI=1S/C15H22N2O3/c1-3-4-5-13(16)14(18)17-10-11-6-8-12(9-7-11)15(19)20-2/h6-9,13H,3-5,10,16H2,1-2H3,(H,17,18). The third-order valence-electron chi connectivity index (χ3n) is 3.05. The molecule has 0 aliphatic carbocycles. The minimum absolute atomic E-state index is 0.143. The Bertz CT molecular complexity index is 443. The van der Waals surface area contributed by atoms with E-state index in [-0.39, 0.29) is 11.9 Å². The number of nitrogens with two attached hydrogens (primary N) is 1. The Morgan fingerprint density at radius 2 is 1.95 bits per heavy atom. The number of carbonyl (C=O) groups excluding carboxylic acids is 2. The predicted molar refractivity (Wildman–Crippen MR) is 77.1 cm³/mol. The van der Waals surface area contributed by atoms with Crippen molar-refractivity contribution in [1.82, 2.24) is 5.32 Å². The summed E-state index contributed by atoms with van der Waals surface area (Å²) in [4.78, 5) is 23.0. The van der Waals surface area contributed by atoms with Crippen molar-refractivity contribution in [1.29, 1.82) is 0 Å². The second kappa shape index (κ2) is 8.32. The summed E-state index contributed by atoms with van der Waals surface area (Å²) in [6.45, 7) is 2.47. The molecule has 1 amide bonds. The molecule has 1 unspecified atom stereocenters. The third kappa shape index (κ3) is 5.01. The molecule has 0 aliphatic heterocycles. The highest BCUT2D eigenvalue weighted by Gasteiger charge is 2.12. The molecule has 0 aromatic heterocycles. The van der Waals surface area contributed by atoms with Gasteiger partial charge in [0.2, 0.25) is 5.91 Å². The number of amides is 1. The van der Waals surface area contributed by atoms with Crippen LogP contribution >= 0.6 is 0 Å². The molecule has 1 aromatic carbocycles. The second-order valence-corrected chi connectivity index (χ2v) is 4.66. The van der Waals surface area contributed by atoms with Gasteiger partial charge in [0.15, 0.2) is 0 Å². The van der Waals surface area contributed by atoms with Crippen molar-refractivity contribution in [3.63, 3.8) is 0 Å². The van der Waals surface area contributed by atoms with Crippen molar-refractivity contribution in [3.8, 4) is 0 Å². The Morgan fingerprint density at radius 1 is 1.30 bits per heavy atom. The summed E-state index contributed by atoms with van der Waals surface area (Å²) in [7, 11) is 1.34. The Balaban J connectivity index is 2.45. The zero-order chi connectivity index (χ0) is 15.0. The van der Waals surface area contributed by atoms with Gasteiger partial charge >= 0.3 is 5.97 Å². The molecule has 1 aromatic rings. The van der Waals surface area contributed by atoms with E-state index >= 15 is 0 Å². The number of hydrogen-bond acceptors (Lipinski definition) is 4. The number of unbranched alkanes of at least 4 members (excludes halogenated alkanes) is 1. The maximum Gasteiger partial charge on any atom is 0.337 e. The molecule has 1 atom stereocenters.